The fourth-order valence-corrected chi connectivity index (χ4v) is 2.11. The second kappa shape index (κ2) is 5.60. The van der Waals surface area contributed by atoms with Crippen LogP contribution in [0, 0.1) is 5.82 Å². The molecule has 0 saturated carbocycles. The van der Waals surface area contributed by atoms with Crippen LogP contribution in [-0.4, -0.2) is 20.9 Å². The van der Waals surface area contributed by atoms with Crippen LogP contribution < -0.4 is 0 Å². The van der Waals surface area contributed by atoms with Gasteiger partial charge in [-0.2, -0.15) is 0 Å². The van der Waals surface area contributed by atoms with Gasteiger partial charge in [-0.1, -0.05) is 5.21 Å². The summed E-state index contributed by atoms with van der Waals surface area (Å²) in [7, 11) is 0. The molecule has 0 aliphatic carbocycles. The molecule has 0 spiro atoms. The normalized spacial score (nSPS) is 10.8. The first-order valence-corrected chi connectivity index (χ1v) is 6.46. The van der Waals surface area contributed by atoms with Crippen molar-refractivity contribution in [1.29, 1.82) is 0 Å². The average Bonchev–Trinajstić information content (AvgIpc) is 2.75. The van der Waals surface area contributed by atoms with Crippen molar-refractivity contribution in [3.63, 3.8) is 0 Å². The van der Waals surface area contributed by atoms with E-state index in [1.54, 1.807) is 10.7 Å². The molecule has 0 fully saturated rings. The third kappa shape index (κ3) is 3.04. The van der Waals surface area contributed by atoms with E-state index in [9.17, 15) is 4.39 Å². The molecule has 0 bridgehead atoms. The molecule has 0 aliphatic heterocycles. The van der Waals surface area contributed by atoms with Gasteiger partial charge in [0, 0.05) is 10.4 Å². The van der Waals surface area contributed by atoms with Crippen LogP contribution in [0.4, 0.5) is 4.39 Å². The van der Waals surface area contributed by atoms with E-state index in [0.29, 0.717) is 10.4 Å². The van der Waals surface area contributed by atoms with E-state index in [0.717, 1.165) is 24.2 Å². The summed E-state index contributed by atoms with van der Waals surface area (Å²) in [4.78, 5) is 0. The standard InChI is InChI=1S/C11H10BrClFN3/c12-10-6-8(14)3-4-11(10)17-7-9(15-16-17)2-1-5-13/h3-4,6-7H,1-2,5H2. The van der Waals surface area contributed by atoms with Crippen LogP contribution in [0.15, 0.2) is 28.9 Å². The number of alkyl halides is 1. The Morgan fingerprint density at radius 2 is 2.24 bits per heavy atom. The minimum absolute atomic E-state index is 0.289. The number of nitrogens with zero attached hydrogens (tertiary/aromatic N) is 3. The van der Waals surface area contributed by atoms with Crippen LogP contribution >= 0.6 is 27.5 Å². The first-order valence-electron chi connectivity index (χ1n) is 5.13. The van der Waals surface area contributed by atoms with E-state index < -0.39 is 0 Å². The van der Waals surface area contributed by atoms with Gasteiger partial charge >= 0.3 is 0 Å². The van der Waals surface area contributed by atoms with Gasteiger partial charge in [-0.3, -0.25) is 0 Å². The average molecular weight is 319 g/mol. The van der Waals surface area contributed by atoms with E-state index in [2.05, 4.69) is 26.2 Å². The summed E-state index contributed by atoms with van der Waals surface area (Å²) in [5, 5.41) is 8.03. The van der Waals surface area contributed by atoms with Gasteiger partial charge in [0.1, 0.15) is 5.82 Å². The van der Waals surface area contributed by atoms with E-state index in [-0.39, 0.29) is 5.82 Å². The van der Waals surface area contributed by atoms with Crippen LogP contribution in [0.3, 0.4) is 0 Å². The van der Waals surface area contributed by atoms with Crippen molar-refractivity contribution in [3.8, 4) is 5.69 Å². The quantitative estimate of drug-likeness (QED) is 0.810. The maximum absolute atomic E-state index is 12.9. The molecule has 0 saturated heterocycles. The molecule has 2 aromatic rings. The Kier molecular flexibility index (Phi) is 4.12. The molecule has 17 heavy (non-hydrogen) atoms. The molecular formula is C11H10BrClFN3. The van der Waals surface area contributed by atoms with E-state index in [1.165, 1.54) is 12.1 Å². The van der Waals surface area contributed by atoms with Crippen molar-refractivity contribution in [2.45, 2.75) is 12.8 Å². The fraction of sp³-hybridized carbons (Fsp3) is 0.273. The van der Waals surface area contributed by atoms with Crippen molar-refractivity contribution < 1.29 is 4.39 Å². The minimum Gasteiger partial charge on any atom is -0.219 e. The fourth-order valence-electron chi connectivity index (χ4n) is 1.45. The van der Waals surface area contributed by atoms with Crippen LogP contribution in [0.25, 0.3) is 5.69 Å². The van der Waals surface area contributed by atoms with Crippen LogP contribution in [-0.2, 0) is 6.42 Å². The zero-order chi connectivity index (χ0) is 12.3. The lowest BCUT2D eigenvalue weighted by Crippen LogP contribution is -1.96. The lowest BCUT2D eigenvalue weighted by atomic mass is 10.3. The Morgan fingerprint density at radius 3 is 2.94 bits per heavy atom. The maximum Gasteiger partial charge on any atom is 0.124 e. The molecule has 0 amide bonds. The number of aromatic nitrogens is 3. The molecule has 3 nitrogen and oxygen atoms in total. The Labute approximate surface area is 112 Å². The topological polar surface area (TPSA) is 30.7 Å². The predicted molar refractivity (Wildman–Crippen MR) is 68.1 cm³/mol. The molecule has 1 aromatic heterocycles. The third-order valence-corrected chi connectivity index (χ3v) is 3.17. The van der Waals surface area contributed by atoms with Crippen molar-refractivity contribution in [1.82, 2.24) is 15.0 Å². The lowest BCUT2D eigenvalue weighted by Gasteiger charge is -2.02. The number of aryl methyl sites for hydroxylation is 1. The van der Waals surface area contributed by atoms with Gasteiger partial charge < -0.3 is 0 Å². The molecule has 6 heteroatoms. The molecule has 0 unspecified atom stereocenters. The van der Waals surface area contributed by atoms with Gasteiger partial charge in [0.25, 0.3) is 0 Å². The molecule has 1 heterocycles. The van der Waals surface area contributed by atoms with Crippen molar-refractivity contribution in [3.05, 3.63) is 40.4 Å². The summed E-state index contributed by atoms with van der Waals surface area (Å²) in [5.41, 5.74) is 1.64. The molecule has 0 atom stereocenters. The van der Waals surface area contributed by atoms with Crippen LogP contribution in [0.1, 0.15) is 12.1 Å². The molecule has 0 radical (unpaired) electrons. The molecule has 0 aliphatic rings. The Bertz CT molecular complexity index is 515. The zero-order valence-electron chi connectivity index (χ0n) is 8.91. The van der Waals surface area contributed by atoms with Gasteiger partial charge in [-0.25, -0.2) is 9.07 Å². The van der Waals surface area contributed by atoms with E-state index in [4.69, 9.17) is 11.6 Å². The summed E-state index contributed by atoms with van der Waals surface area (Å²) in [5.74, 6) is 0.315. The maximum atomic E-state index is 12.9. The second-order valence-electron chi connectivity index (χ2n) is 3.54. The van der Waals surface area contributed by atoms with Crippen molar-refractivity contribution >= 4 is 27.5 Å². The van der Waals surface area contributed by atoms with Gasteiger partial charge in [-0.05, 0) is 47.0 Å². The number of hydrogen-bond donors (Lipinski definition) is 0. The number of hydrogen-bond acceptors (Lipinski definition) is 2. The molecule has 0 N–H and O–H groups in total. The molecule has 90 valence electrons. The Morgan fingerprint density at radius 1 is 1.41 bits per heavy atom. The minimum atomic E-state index is -0.289. The smallest absolute Gasteiger partial charge is 0.124 e. The summed E-state index contributed by atoms with van der Waals surface area (Å²) in [6, 6.07) is 4.44. The summed E-state index contributed by atoms with van der Waals surface area (Å²) in [6.45, 7) is 0. The molecule has 1 aromatic carbocycles. The first kappa shape index (κ1) is 12.5. The van der Waals surface area contributed by atoms with Crippen molar-refractivity contribution in [2.75, 3.05) is 5.88 Å². The van der Waals surface area contributed by atoms with E-state index in [1.807, 2.05) is 6.20 Å². The second-order valence-corrected chi connectivity index (χ2v) is 4.78. The van der Waals surface area contributed by atoms with Gasteiger partial charge in [0.05, 0.1) is 17.6 Å². The van der Waals surface area contributed by atoms with Gasteiger partial charge in [0.2, 0.25) is 0 Å². The third-order valence-electron chi connectivity index (χ3n) is 2.26. The highest BCUT2D eigenvalue weighted by Crippen LogP contribution is 2.21. The summed E-state index contributed by atoms with van der Waals surface area (Å²) < 4.78 is 15.2. The number of halogens is 3. The summed E-state index contributed by atoms with van der Waals surface area (Å²) in [6.07, 6.45) is 3.48. The first-order chi connectivity index (χ1) is 8.20. The SMILES string of the molecule is Fc1ccc(-n2cc(CCCCl)nn2)c(Br)c1. The van der Waals surface area contributed by atoms with Gasteiger partial charge in [-0.15, -0.1) is 16.7 Å². The number of rotatable bonds is 4. The van der Waals surface area contributed by atoms with Crippen molar-refractivity contribution in [2.24, 2.45) is 0 Å². The van der Waals surface area contributed by atoms with Gasteiger partial charge in [0.15, 0.2) is 0 Å². The van der Waals surface area contributed by atoms with Crippen LogP contribution in [0.2, 0.25) is 0 Å². The van der Waals surface area contributed by atoms with Crippen LogP contribution in [0.5, 0.6) is 0 Å². The Hall–Kier alpha value is -0.940. The highest BCUT2D eigenvalue weighted by molar-refractivity contribution is 9.10. The predicted octanol–water partition coefficient (Wildman–Crippen LogP) is 3.34. The lowest BCUT2D eigenvalue weighted by molar-refractivity contribution is 0.625. The van der Waals surface area contributed by atoms with E-state index >= 15 is 0 Å². The summed E-state index contributed by atoms with van der Waals surface area (Å²) >= 11 is 8.91. The monoisotopic (exact) mass is 317 g/mol. The number of benzene rings is 1. The Balaban J connectivity index is 2.24. The largest absolute Gasteiger partial charge is 0.219 e. The molecule has 2 rings (SSSR count). The zero-order valence-corrected chi connectivity index (χ0v) is 11.2. The molecular weight excluding hydrogens is 308 g/mol. The highest BCUT2D eigenvalue weighted by atomic mass is 79.9. The highest BCUT2D eigenvalue weighted by Gasteiger charge is 2.07.